The average Bonchev–Trinajstić information content (AvgIpc) is 2.72. The summed E-state index contributed by atoms with van der Waals surface area (Å²) < 4.78 is 17.0. The SMILES string of the molecule is CCCc1cc(CN(CC(C)(CC)CC(C)(C)C(C)=O)C(=O)OC(C)(C)C)c(OC)cc1OC. The Morgan fingerprint density at radius 2 is 1.47 bits per heavy atom. The van der Waals surface area contributed by atoms with Crippen molar-refractivity contribution >= 4 is 11.9 Å². The molecule has 34 heavy (non-hydrogen) atoms. The highest BCUT2D eigenvalue weighted by atomic mass is 16.6. The van der Waals surface area contributed by atoms with Gasteiger partial charge in [0, 0.05) is 23.6 Å². The second-order valence-corrected chi connectivity index (χ2v) is 11.3. The topological polar surface area (TPSA) is 65.1 Å². The van der Waals surface area contributed by atoms with E-state index in [2.05, 4.69) is 26.8 Å². The molecule has 0 saturated heterocycles. The number of nitrogens with zero attached hydrogens (tertiary/aromatic N) is 1. The number of aryl methyl sites for hydroxylation is 1. The minimum absolute atomic E-state index is 0.150. The number of rotatable bonds is 12. The van der Waals surface area contributed by atoms with Gasteiger partial charge >= 0.3 is 6.09 Å². The van der Waals surface area contributed by atoms with Gasteiger partial charge in [0.2, 0.25) is 0 Å². The van der Waals surface area contributed by atoms with Crippen LogP contribution in [0.15, 0.2) is 12.1 Å². The van der Waals surface area contributed by atoms with Crippen molar-refractivity contribution in [3.8, 4) is 11.5 Å². The number of Topliss-reactive ketones (excluding diaryl/α,β-unsaturated/α-hetero) is 1. The molecule has 0 spiro atoms. The number of ether oxygens (including phenoxy) is 3. The number of carbonyl (C=O) groups excluding carboxylic acids is 2. The van der Waals surface area contributed by atoms with Crippen LogP contribution in [-0.2, 0) is 22.5 Å². The van der Waals surface area contributed by atoms with E-state index in [1.165, 1.54) is 0 Å². The highest BCUT2D eigenvalue weighted by Crippen LogP contribution is 2.39. The van der Waals surface area contributed by atoms with Crippen LogP contribution in [0, 0.1) is 10.8 Å². The van der Waals surface area contributed by atoms with E-state index in [1.54, 1.807) is 26.0 Å². The fourth-order valence-corrected chi connectivity index (χ4v) is 4.29. The number of benzene rings is 1. The fourth-order valence-electron chi connectivity index (χ4n) is 4.29. The van der Waals surface area contributed by atoms with Crippen LogP contribution in [0.4, 0.5) is 4.79 Å². The van der Waals surface area contributed by atoms with Gasteiger partial charge in [-0.1, -0.05) is 41.0 Å². The lowest BCUT2D eigenvalue weighted by Gasteiger charge is -2.40. The Balaban J connectivity index is 3.45. The maximum atomic E-state index is 13.4. The quantitative estimate of drug-likeness (QED) is 0.331. The van der Waals surface area contributed by atoms with Crippen molar-refractivity contribution in [2.75, 3.05) is 20.8 Å². The van der Waals surface area contributed by atoms with Crippen molar-refractivity contribution in [1.82, 2.24) is 4.90 Å². The van der Waals surface area contributed by atoms with E-state index in [0.29, 0.717) is 25.3 Å². The van der Waals surface area contributed by atoms with Gasteiger partial charge in [-0.15, -0.1) is 0 Å². The van der Waals surface area contributed by atoms with Crippen molar-refractivity contribution in [2.45, 2.75) is 100 Å². The maximum absolute atomic E-state index is 13.4. The molecule has 0 radical (unpaired) electrons. The standard InChI is InChI=1S/C28H47NO5/c1-12-14-21-15-22(24(33-11)16-23(21)32-10)17-29(25(31)34-26(4,5)6)19-28(9,13-2)18-27(7,8)20(3)30/h15-16H,12-14,17-19H2,1-11H3. The molecule has 6 nitrogen and oxygen atoms in total. The molecule has 6 heteroatoms. The summed E-state index contributed by atoms with van der Waals surface area (Å²) in [5.41, 5.74) is 0.630. The number of amides is 1. The molecule has 1 aromatic rings. The molecule has 0 aliphatic carbocycles. The molecule has 0 N–H and O–H groups in total. The third kappa shape index (κ3) is 8.52. The zero-order valence-electron chi connectivity index (χ0n) is 23.4. The zero-order chi connectivity index (χ0) is 26.3. The molecule has 0 aliphatic heterocycles. The van der Waals surface area contributed by atoms with Crippen molar-refractivity contribution in [2.24, 2.45) is 10.8 Å². The predicted molar refractivity (Wildman–Crippen MR) is 138 cm³/mol. The minimum Gasteiger partial charge on any atom is -0.496 e. The molecule has 0 heterocycles. The summed E-state index contributed by atoms with van der Waals surface area (Å²) in [7, 11) is 3.28. The van der Waals surface area contributed by atoms with Crippen molar-refractivity contribution in [1.29, 1.82) is 0 Å². The monoisotopic (exact) mass is 477 g/mol. The Labute approximate surface area is 207 Å². The van der Waals surface area contributed by atoms with E-state index in [9.17, 15) is 9.59 Å². The zero-order valence-corrected chi connectivity index (χ0v) is 23.4. The molecule has 0 aromatic heterocycles. The molecule has 0 saturated carbocycles. The van der Waals surface area contributed by atoms with E-state index < -0.39 is 11.0 Å². The molecule has 1 amide bonds. The van der Waals surface area contributed by atoms with Gasteiger partial charge < -0.3 is 19.1 Å². The van der Waals surface area contributed by atoms with Gasteiger partial charge in [-0.3, -0.25) is 4.79 Å². The number of carbonyl (C=O) groups is 2. The normalized spacial score (nSPS) is 13.7. The van der Waals surface area contributed by atoms with Gasteiger partial charge in [-0.2, -0.15) is 0 Å². The number of ketones is 1. The molecular formula is C28H47NO5. The molecule has 0 bridgehead atoms. The minimum atomic E-state index is -0.617. The van der Waals surface area contributed by atoms with Gasteiger partial charge in [-0.25, -0.2) is 4.79 Å². The average molecular weight is 478 g/mol. The summed E-state index contributed by atoms with van der Waals surface area (Å²) in [6, 6.07) is 3.97. The third-order valence-corrected chi connectivity index (χ3v) is 6.46. The summed E-state index contributed by atoms with van der Waals surface area (Å²) in [5.74, 6) is 1.61. The molecule has 1 atom stereocenters. The Hall–Kier alpha value is -2.24. The van der Waals surface area contributed by atoms with Crippen LogP contribution >= 0.6 is 0 Å². The van der Waals surface area contributed by atoms with Gasteiger partial charge in [0.25, 0.3) is 0 Å². The van der Waals surface area contributed by atoms with Crippen LogP contribution in [0.1, 0.15) is 92.7 Å². The first-order valence-corrected chi connectivity index (χ1v) is 12.3. The van der Waals surface area contributed by atoms with Crippen LogP contribution in [0.25, 0.3) is 0 Å². The first-order chi connectivity index (χ1) is 15.6. The third-order valence-electron chi connectivity index (χ3n) is 6.46. The number of hydrogen-bond donors (Lipinski definition) is 0. The molecule has 0 fully saturated rings. The summed E-state index contributed by atoms with van der Waals surface area (Å²) >= 11 is 0. The van der Waals surface area contributed by atoms with Crippen LogP contribution in [0.3, 0.4) is 0 Å². The van der Waals surface area contributed by atoms with Crippen molar-refractivity contribution in [3.05, 3.63) is 23.3 Å². The van der Waals surface area contributed by atoms with E-state index in [-0.39, 0.29) is 17.3 Å². The van der Waals surface area contributed by atoms with Gasteiger partial charge in [0.1, 0.15) is 22.9 Å². The van der Waals surface area contributed by atoms with E-state index in [1.807, 2.05) is 40.7 Å². The van der Waals surface area contributed by atoms with Gasteiger partial charge in [0.15, 0.2) is 0 Å². The van der Waals surface area contributed by atoms with Crippen LogP contribution in [0.5, 0.6) is 11.5 Å². The lowest BCUT2D eigenvalue weighted by Crippen LogP contribution is -2.44. The number of hydrogen-bond acceptors (Lipinski definition) is 5. The summed E-state index contributed by atoms with van der Waals surface area (Å²) in [5, 5.41) is 0. The fraction of sp³-hybridized carbons (Fsp3) is 0.714. The Kier molecular flexibility index (Phi) is 10.5. The number of methoxy groups -OCH3 is 2. The van der Waals surface area contributed by atoms with E-state index in [4.69, 9.17) is 14.2 Å². The highest BCUT2D eigenvalue weighted by Gasteiger charge is 2.37. The molecule has 1 rings (SSSR count). The van der Waals surface area contributed by atoms with Crippen LogP contribution in [0.2, 0.25) is 0 Å². The molecule has 0 aliphatic rings. The Morgan fingerprint density at radius 1 is 0.912 bits per heavy atom. The second-order valence-electron chi connectivity index (χ2n) is 11.3. The maximum Gasteiger partial charge on any atom is 0.410 e. The highest BCUT2D eigenvalue weighted by molar-refractivity contribution is 5.81. The van der Waals surface area contributed by atoms with Crippen molar-refractivity contribution in [3.63, 3.8) is 0 Å². The smallest absolute Gasteiger partial charge is 0.410 e. The lowest BCUT2D eigenvalue weighted by atomic mass is 9.70. The first-order valence-electron chi connectivity index (χ1n) is 12.3. The molecule has 194 valence electrons. The summed E-state index contributed by atoms with van der Waals surface area (Å²) in [6.07, 6.45) is 2.97. The Morgan fingerprint density at radius 3 is 1.91 bits per heavy atom. The molecular weight excluding hydrogens is 430 g/mol. The van der Waals surface area contributed by atoms with Crippen molar-refractivity contribution < 1.29 is 23.8 Å². The lowest BCUT2D eigenvalue weighted by molar-refractivity contribution is -0.126. The van der Waals surface area contributed by atoms with E-state index in [0.717, 1.165) is 36.1 Å². The summed E-state index contributed by atoms with van der Waals surface area (Å²) in [4.78, 5) is 27.4. The molecule has 1 aromatic carbocycles. The van der Waals surface area contributed by atoms with Crippen LogP contribution < -0.4 is 9.47 Å². The van der Waals surface area contributed by atoms with Crippen LogP contribution in [-0.4, -0.2) is 43.1 Å². The summed E-state index contributed by atoms with van der Waals surface area (Å²) in [6.45, 7) is 18.4. The predicted octanol–water partition coefficient (Wildman–Crippen LogP) is 6.82. The Bertz CT molecular complexity index is 840. The largest absolute Gasteiger partial charge is 0.496 e. The van der Waals surface area contributed by atoms with E-state index >= 15 is 0 Å². The van der Waals surface area contributed by atoms with Gasteiger partial charge in [-0.05, 0) is 64.0 Å². The first kappa shape index (κ1) is 29.8. The second kappa shape index (κ2) is 11.9. The van der Waals surface area contributed by atoms with Gasteiger partial charge in [0.05, 0.1) is 20.8 Å². The molecule has 1 unspecified atom stereocenters.